The van der Waals surface area contributed by atoms with E-state index in [1.54, 1.807) is 12.1 Å². The molecule has 0 saturated heterocycles. The lowest BCUT2D eigenvalue weighted by Crippen LogP contribution is -2.14. The minimum absolute atomic E-state index is 0.222. The number of benzene rings is 1. The van der Waals surface area contributed by atoms with E-state index in [-0.39, 0.29) is 16.9 Å². The van der Waals surface area contributed by atoms with Crippen molar-refractivity contribution in [2.75, 3.05) is 5.32 Å². The zero-order chi connectivity index (χ0) is 13.2. The maximum Gasteiger partial charge on any atom is 0.291 e. The SMILES string of the molecule is O=C(Nc1cccc2c1CCCC2)c1ccc(Cl)o1. The molecule has 1 heterocycles. The summed E-state index contributed by atoms with van der Waals surface area (Å²) < 4.78 is 5.11. The predicted octanol–water partition coefficient (Wildman–Crippen LogP) is 4.06. The second-order valence-corrected chi connectivity index (χ2v) is 5.08. The van der Waals surface area contributed by atoms with E-state index in [2.05, 4.69) is 11.4 Å². The Hall–Kier alpha value is -1.74. The Balaban J connectivity index is 1.85. The van der Waals surface area contributed by atoms with Crippen molar-refractivity contribution in [3.63, 3.8) is 0 Å². The largest absolute Gasteiger partial charge is 0.440 e. The summed E-state index contributed by atoms with van der Waals surface area (Å²) in [5.41, 5.74) is 3.47. The number of hydrogen-bond donors (Lipinski definition) is 1. The number of rotatable bonds is 2. The van der Waals surface area contributed by atoms with Crippen molar-refractivity contribution in [1.82, 2.24) is 0 Å². The lowest BCUT2D eigenvalue weighted by Gasteiger charge is -2.19. The van der Waals surface area contributed by atoms with Crippen LogP contribution in [0.1, 0.15) is 34.5 Å². The number of amides is 1. The highest BCUT2D eigenvalue weighted by Crippen LogP contribution is 2.28. The van der Waals surface area contributed by atoms with E-state index in [9.17, 15) is 4.79 Å². The molecule has 19 heavy (non-hydrogen) atoms. The Kier molecular flexibility index (Phi) is 3.30. The normalized spacial score (nSPS) is 13.9. The Morgan fingerprint density at radius 2 is 2.00 bits per heavy atom. The third kappa shape index (κ3) is 2.51. The second kappa shape index (κ2) is 5.10. The zero-order valence-corrected chi connectivity index (χ0v) is 11.2. The smallest absolute Gasteiger partial charge is 0.291 e. The molecular formula is C15H14ClNO2. The van der Waals surface area contributed by atoms with Gasteiger partial charge in [0, 0.05) is 5.69 Å². The number of fused-ring (bicyclic) bond motifs is 1. The Morgan fingerprint density at radius 3 is 2.79 bits per heavy atom. The molecule has 0 unspecified atom stereocenters. The average molecular weight is 276 g/mol. The number of nitrogens with one attached hydrogen (secondary N) is 1. The van der Waals surface area contributed by atoms with Crippen molar-refractivity contribution >= 4 is 23.2 Å². The fourth-order valence-corrected chi connectivity index (χ4v) is 2.66. The molecule has 0 aliphatic heterocycles. The molecule has 1 amide bonds. The van der Waals surface area contributed by atoms with Crippen molar-refractivity contribution < 1.29 is 9.21 Å². The highest BCUT2D eigenvalue weighted by atomic mass is 35.5. The molecule has 98 valence electrons. The number of furan rings is 1. The first-order valence-corrected chi connectivity index (χ1v) is 6.79. The van der Waals surface area contributed by atoms with Crippen LogP contribution in [0.4, 0.5) is 5.69 Å². The molecule has 0 fully saturated rings. The van der Waals surface area contributed by atoms with Crippen molar-refractivity contribution in [3.05, 3.63) is 52.4 Å². The highest BCUT2D eigenvalue weighted by Gasteiger charge is 2.16. The monoisotopic (exact) mass is 275 g/mol. The highest BCUT2D eigenvalue weighted by molar-refractivity contribution is 6.29. The maximum atomic E-state index is 12.0. The fraction of sp³-hybridized carbons (Fsp3) is 0.267. The third-order valence-corrected chi connectivity index (χ3v) is 3.64. The third-order valence-electron chi connectivity index (χ3n) is 3.44. The quantitative estimate of drug-likeness (QED) is 0.898. The summed E-state index contributed by atoms with van der Waals surface area (Å²) in [5, 5.41) is 3.13. The van der Waals surface area contributed by atoms with Gasteiger partial charge in [-0.1, -0.05) is 12.1 Å². The Morgan fingerprint density at radius 1 is 1.16 bits per heavy atom. The van der Waals surface area contributed by atoms with Crippen LogP contribution in [-0.2, 0) is 12.8 Å². The number of halogens is 1. The molecule has 1 aromatic carbocycles. The van der Waals surface area contributed by atoms with Gasteiger partial charge < -0.3 is 9.73 Å². The van der Waals surface area contributed by atoms with Crippen LogP contribution in [0.2, 0.25) is 5.22 Å². The van der Waals surface area contributed by atoms with Gasteiger partial charge in [-0.3, -0.25) is 4.79 Å². The number of carbonyl (C=O) groups is 1. The van der Waals surface area contributed by atoms with Crippen LogP contribution in [0, 0.1) is 0 Å². The van der Waals surface area contributed by atoms with E-state index >= 15 is 0 Å². The first-order chi connectivity index (χ1) is 9.24. The van der Waals surface area contributed by atoms with Crippen molar-refractivity contribution in [3.8, 4) is 0 Å². The number of hydrogen-bond acceptors (Lipinski definition) is 2. The molecule has 0 saturated carbocycles. The molecule has 1 aliphatic rings. The van der Waals surface area contributed by atoms with Gasteiger partial charge in [0.1, 0.15) is 0 Å². The van der Waals surface area contributed by atoms with Crippen LogP contribution in [0.25, 0.3) is 0 Å². The van der Waals surface area contributed by atoms with Crippen LogP contribution in [0.3, 0.4) is 0 Å². The summed E-state index contributed by atoms with van der Waals surface area (Å²) in [7, 11) is 0. The molecule has 0 radical (unpaired) electrons. The van der Waals surface area contributed by atoms with Gasteiger partial charge in [-0.15, -0.1) is 0 Å². The molecule has 1 aromatic heterocycles. The minimum Gasteiger partial charge on any atom is -0.440 e. The lowest BCUT2D eigenvalue weighted by molar-refractivity contribution is 0.0996. The van der Waals surface area contributed by atoms with E-state index in [1.807, 2.05) is 12.1 Å². The lowest BCUT2D eigenvalue weighted by atomic mass is 9.90. The Labute approximate surface area is 116 Å². The molecule has 3 nitrogen and oxygen atoms in total. The Bertz CT molecular complexity index is 618. The predicted molar refractivity (Wildman–Crippen MR) is 74.8 cm³/mol. The second-order valence-electron chi connectivity index (χ2n) is 4.71. The van der Waals surface area contributed by atoms with Crippen LogP contribution in [0.15, 0.2) is 34.7 Å². The summed E-state index contributed by atoms with van der Waals surface area (Å²) in [6.07, 6.45) is 4.50. The molecule has 0 bridgehead atoms. The molecule has 0 atom stereocenters. The van der Waals surface area contributed by atoms with Gasteiger partial charge in [0.2, 0.25) is 0 Å². The van der Waals surface area contributed by atoms with Gasteiger partial charge in [-0.2, -0.15) is 0 Å². The topological polar surface area (TPSA) is 42.2 Å². The molecule has 1 aliphatic carbocycles. The number of anilines is 1. The fourth-order valence-electron chi connectivity index (χ4n) is 2.52. The molecule has 0 spiro atoms. The first-order valence-electron chi connectivity index (χ1n) is 6.41. The van der Waals surface area contributed by atoms with E-state index in [0.717, 1.165) is 18.5 Å². The minimum atomic E-state index is -0.258. The van der Waals surface area contributed by atoms with Gasteiger partial charge in [-0.05, 0) is 66.6 Å². The van der Waals surface area contributed by atoms with E-state index in [4.69, 9.17) is 16.0 Å². The average Bonchev–Trinajstić information content (AvgIpc) is 2.86. The first kappa shape index (κ1) is 12.3. The van der Waals surface area contributed by atoms with Crippen LogP contribution >= 0.6 is 11.6 Å². The summed E-state index contributed by atoms with van der Waals surface area (Å²) >= 11 is 5.68. The number of aryl methyl sites for hydroxylation is 1. The van der Waals surface area contributed by atoms with Gasteiger partial charge >= 0.3 is 0 Å². The van der Waals surface area contributed by atoms with E-state index in [1.165, 1.54) is 24.0 Å². The van der Waals surface area contributed by atoms with E-state index < -0.39 is 0 Å². The summed E-state index contributed by atoms with van der Waals surface area (Å²) in [4.78, 5) is 12.0. The standard InChI is InChI=1S/C15H14ClNO2/c16-14-9-8-13(19-14)15(18)17-12-7-3-5-10-4-1-2-6-11(10)12/h3,5,7-9H,1-2,4,6H2,(H,17,18). The molecule has 1 N–H and O–H groups in total. The van der Waals surface area contributed by atoms with Crippen LogP contribution in [0.5, 0.6) is 0 Å². The van der Waals surface area contributed by atoms with E-state index in [0.29, 0.717) is 0 Å². The maximum absolute atomic E-state index is 12.0. The van der Waals surface area contributed by atoms with Gasteiger partial charge in [0.05, 0.1) is 0 Å². The summed E-state index contributed by atoms with van der Waals surface area (Å²) in [6, 6.07) is 9.19. The molecule has 4 heteroatoms. The number of carbonyl (C=O) groups excluding carboxylic acids is 1. The van der Waals surface area contributed by atoms with Gasteiger partial charge in [-0.25, -0.2) is 0 Å². The van der Waals surface area contributed by atoms with Gasteiger partial charge in [0.15, 0.2) is 11.0 Å². The molecule has 2 aromatic rings. The van der Waals surface area contributed by atoms with Crippen molar-refractivity contribution in [1.29, 1.82) is 0 Å². The molecule has 3 rings (SSSR count). The van der Waals surface area contributed by atoms with Crippen LogP contribution < -0.4 is 5.32 Å². The van der Waals surface area contributed by atoms with Crippen LogP contribution in [-0.4, -0.2) is 5.91 Å². The summed E-state index contributed by atoms with van der Waals surface area (Å²) in [6.45, 7) is 0. The van der Waals surface area contributed by atoms with Crippen molar-refractivity contribution in [2.45, 2.75) is 25.7 Å². The van der Waals surface area contributed by atoms with Gasteiger partial charge in [0.25, 0.3) is 5.91 Å². The van der Waals surface area contributed by atoms with Crippen molar-refractivity contribution in [2.24, 2.45) is 0 Å². The summed E-state index contributed by atoms with van der Waals surface area (Å²) in [5.74, 6) is -0.0238. The zero-order valence-electron chi connectivity index (χ0n) is 10.4. The molecular weight excluding hydrogens is 262 g/mol.